The molecule has 1 saturated heterocycles. The number of para-hydroxylation sites is 1. The van der Waals surface area contributed by atoms with E-state index in [0.29, 0.717) is 11.4 Å². The fourth-order valence-electron chi connectivity index (χ4n) is 3.65. The topological polar surface area (TPSA) is 75.2 Å². The van der Waals surface area contributed by atoms with Gasteiger partial charge in [-0.1, -0.05) is 18.2 Å². The highest BCUT2D eigenvalue weighted by Gasteiger charge is 2.25. The van der Waals surface area contributed by atoms with Crippen molar-refractivity contribution in [3.63, 3.8) is 0 Å². The highest BCUT2D eigenvalue weighted by Crippen LogP contribution is 2.39. The molecule has 0 aliphatic carbocycles. The van der Waals surface area contributed by atoms with E-state index in [2.05, 4.69) is 22.0 Å². The minimum absolute atomic E-state index is 0.270. The molecule has 2 aliphatic heterocycles. The number of anilines is 1. The van der Waals surface area contributed by atoms with Crippen LogP contribution in [0.3, 0.4) is 0 Å². The SMILES string of the molecule is N#Cc1c(N)nc2c(c1CCN1CCCC1)Cc1ccccc1O2. The van der Waals surface area contributed by atoms with Crippen molar-refractivity contribution in [1.82, 2.24) is 9.88 Å². The second-order valence-electron chi connectivity index (χ2n) is 6.43. The molecule has 1 aromatic carbocycles. The number of nitriles is 1. The van der Waals surface area contributed by atoms with Crippen LogP contribution in [0.15, 0.2) is 24.3 Å². The molecule has 0 unspecified atom stereocenters. The number of nitrogens with two attached hydrogens (primary N) is 1. The van der Waals surface area contributed by atoms with Crippen molar-refractivity contribution in [2.24, 2.45) is 0 Å². The minimum atomic E-state index is 0.270. The molecule has 0 radical (unpaired) electrons. The van der Waals surface area contributed by atoms with Crippen LogP contribution in [0.25, 0.3) is 0 Å². The summed E-state index contributed by atoms with van der Waals surface area (Å²) in [6.07, 6.45) is 4.07. The number of benzene rings is 1. The Bertz CT molecular complexity index is 819. The first-order chi connectivity index (χ1) is 11.8. The first-order valence-electron chi connectivity index (χ1n) is 8.45. The number of nitrogen functional groups attached to an aromatic ring is 1. The second-order valence-corrected chi connectivity index (χ2v) is 6.43. The molecule has 0 saturated carbocycles. The van der Waals surface area contributed by atoms with Crippen molar-refractivity contribution < 1.29 is 4.74 Å². The van der Waals surface area contributed by atoms with Gasteiger partial charge in [0.2, 0.25) is 5.88 Å². The smallest absolute Gasteiger partial charge is 0.225 e. The van der Waals surface area contributed by atoms with Gasteiger partial charge in [0.25, 0.3) is 0 Å². The second kappa shape index (κ2) is 6.14. The van der Waals surface area contributed by atoms with Crippen LogP contribution in [-0.2, 0) is 12.8 Å². The average molecular weight is 320 g/mol. The van der Waals surface area contributed by atoms with Gasteiger partial charge < -0.3 is 15.4 Å². The third-order valence-corrected chi connectivity index (χ3v) is 4.94. The maximum Gasteiger partial charge on any atom is 0.225 e. The molecule has 3 heterocycles. The van der Waals surface area contributed by atoms with Gasteiger partial charge in [-0.25, -0.2) is 0 Å². The van der Waals surface area contributed by atoms with E-state index in [4.69, 9.17) is 10.5 Å². The van der Waals surface area contributed by atoms with Crippen LogP contribution in [0.4, 0.5) is 5.82 Å². The van der Waals surface area contributed by atoms with E-state index in [1.165, 1.54) is 12.8 Å². The van der Waals surface area contributed by atoms with Gasteiger partial charge in [-0.15, -0.1) is 0 Å². The molecule has 2 aromatic rings. The Hall–Kier alpha value is -2.58. The first-order valence-corrected chi connectivity index (χ1v) is 8.45. The van der Waals surface area contributed by atoms with Crippen LogP contribution >= 0.6 is 0 Å². The lowest BCUT2D eigenvalue weighted by molar-refractivity contribution is 0.342. The summed E-state index contributed by atoms with van der Waals surface area (Å²) in [4.78, 5) is 6.79. The predicted octanol–water partition coefficient (Wildman–Crippen LogP) is 2.87. The third kappa shape index (κ3) is 2.59. The third-order valence-electron chi connectivity index (χ3n) is 4.94. The van der Waals surface area contributed by atoms with Crippen LogP contribution in [0.5, 0.6) is 11.6 Å². The standard InChI is InChI=1S/C19H20N4O/c20-12-16-14(7-10-23-8-3-4-9-23)15-11-13-5-1-2-6-17(13)24-19(15)22-18(16)21/h1-2,5-6H,3-4,7-11H2,(H2,21,22). The molecule has 4 rings (SSSR count). The fourth-order valence-corrected chi connectivity index (χ4v) is 3.65. The van der Waals surface area contributed by atoms with Crippen molar-refractivity contribution in [3.05, 3.63) is 46.5 Å². The van der Waals surface area contributed by atoms with Gasteiger partial charge in [-0.2, -0.15) is 10.2 Å². The van der Waals surface area contributed by atoms with E-state index in [-0.39, 0.29) is 5.82 Å². The van der Waals surface area contributed by atoms with E-state index in [0.717, 1.165) is 54.9 Å². The lowest BCUT2D eigenvalue weighted by atomic mass is 9.93. The molecule has 0 spiro atoms. The Morgan fingerprint density at radius 2 is 2.04 bits per heavy atom. The maximum atomic E-state index is 9.56. The number of hydrogen-bond donors (Lipinski definition) is 1. The summed E-state index contributed by atoms with van der Waals surface area (Å²) in [5.74, 6) is 1.65. The van der Waals surface area contributed by atoms with Crippen molar-refractivity contribution in [3.8, 4) is 17.7 Å². The first kappa shape index (κ1) is 15.0. The Kier molecular flexibility index (Phi) is 3.83. The molecule has 0 bridgehead atoms. The molecule has 0 atom stereocenters. The molecule has 2 N–H and O–H groups in total. The normalized spacial score (nSPS) is 16.1. The summed E-state index contributed by atoms with van der Waals surface area (Å²) in [5.41, 5.74) is 9.68. The van der Waals surface area contributed by atoms with Crippen LogP contribution in [0.2, 0.25) is 0 Å². The summed E-state index contributed by atoms with van der Waals surface area (Å²) in [5, 5.41) is 9.56. The van der Waals surface area contributed by atoms with Crippen molar-refractivity contribution >= 4 is 5.82 Å². The highest BCUT2D eigenvalue weighted by atomic mass is 16.5. The van der Waals surface area contributed by atoms with Crippen LogP contribution < -0.4 is 10.5 Å². The summed E-state index contributed by atoms with van der Waals surface area (Å²) >= 11 is 0. The monoisotopic (exact) mass is 320 g/mol. The number of nitrogens with zero attached hydrogens (tertiary/aromatic N) is 3. The lowest BCUT2D eigenvalue weighted by Crippen LogP contribution is -2.23. The van der Waals surface area contributed by atoms with Gasteiger partial charge >= 0.3 is 0 Å². The van der Waals surface area contributed by atoms with Gasteiger partial charge in [0, 0.05) is 18.5 Å². The Morgan fingerprint density at radius 1 is 1.25 bits per heavy atom. The molecule has 1 fully saturated rings. The van der Waals surface area contributed by atoms with E-state index < -0.39 is 0 Å². The average Bonchev–Trinajstić information content (AvgIpc) is 3.11. The van der Waals surface area contributed by atoms with Crippen LogP contribution in [-0.4, -0.2) is 29.5 Å². The van der Waals surface area contributed by atoms with E-state index in [1.807, 2.05) is 18.2 Å². The largest absolute Gasteiger partial charge is 0.438 e. The Balaban J connectivity index is 1.71. The molecule has 5 heteroatoms. The summed E-state index contributed by atoms with van der Waals surface area (Å²) in [6.45, 7) is 3.24. The Labute approximate surface area is 141 Å². The van der Waals surface area contributed by atoms with Crippen molar-refractivity contribution in [2.45, 2.75) is 25.7 Å². The zero-order chi connectivity index (χ0) is 16.5. The number of likely N-dealkylation sites (tertiary alicyclic amines) is 1. The summed E-state index contributed by atoms with van der Waals surface area (Å²) in [7, 11) is 0. The number of fused-ring (bicyclic) bond motifs is 2. The number of ether oxygens (including phenoxy) is 1. The van der Waals surface area contributed by atoms with E-state index in [1.54, 1.807) is 0 Å². The van der Waals surface area contributed by atoms with Crippen molar-refractivity contribution in [1.29, 1.82) is 5.26 Å². The van der Waals surface area contributed by atoms with Gasteiger partial charge in [-0.05, 0) is 49.5 Å². The van der Waals surface area contributed by atoms with Crippen molar-refractivity contribution in [2.75, 3.05) is 25.4 Å². The summed E-state index contributed by atoms with van der Waals surface area (Å²) in [6, 6.07) is 10.2. The molecule has 0 amide bonds. The quantitative estimate of drug-likeness (QED) is 0.803. The molecule has 5 nitrogen and oxygen atoms in total. The maximum absolute atomic E-state index is 9.56. The van der Waals surface area contributed by atoms with Gasteiger partial charge in [-0.3, -0.25) is 0 Å². The predicted molar refractivity (Wildman–Crippen MR) is 92.1 cm³/mol. The van der Waals surface area contributed by atoms with E-state index in [9.17, 15) is 5.26 Å². The lowest BCUT2D eigenvalue weighted by Gasteiger charge is -2.24. The molecule has 122 valence electrons. The number of pyridine rings is 1. The molecular formula is C19H20N4O. The van der Waals surface area contributed by atoms with Gasteiger partial charge in [0.05, 0.1) is 5.56 Å². The Morgan fingerprint density at radius 3 is 2.83 bits per heavy atom. The number of rotatable bonds is 3. The molecule has 24 heavy (non-hydrogen) atoms. The zero-order valence-corrected chi connectivity index (χ0v) is 13.6. The molecule has 2 aliphatic rings. The van der Waals surface area contributed by atoms with Crippen LogP contribution in [0, 0.1) is 11.3 Å². The zero-order valence-electron chi connectivity index (χ0n) is 13.6. The fraction of sp³-hybridized carbons (Fsp3) is 0.368. The van der Waals surface area contributed by atoms with E-state index >= 15 is 0 Å². The highest BCUT2D eigenvalue weighted by molar-refractivity contribution is 5.62. The van der Waals surface area contributed by atoms with Gasteiger partial charge in [0.1, 0.15) is 17.6 Å². The van der Waals surface area contributed by atoms with Crippen LogP contribution in [0.1, 0.15) is 35.1 Å². The number of aromatic nitrogens is 1. The summed E-state index contributed by atoms with van der Waals surface area (Å²) < 4.78 is 5.96. The molecule has 1 aromatic heterocycles. The van der Waals surface area contributed by atoms with Gasteiger partial charge in [0.15, 0.2) is 0 Å². The molecular weight excluding hydrogens is 300 g/mol. The minimum Gasteiger partial charge on any atom is -0.438 e. The number of hydrogen-bond acceptors (Lipinski definition) is 5.